The molecule has 39 heavy (non-hydrogen) atoms. The molecule has 1 heterocycles. The normalized spacial score (nSPS) is 16.8. The van der Waals surface area contributed by atoms with E-state index in [1.807, 2.05) is 66.7 Å². The molecule has 0 aromatic heterocycles. The molecule has 1 fully saturated rings. The lowest BCUT2D eigenvalue weighted by Crippen LogP contribution is -2.65. The van der Waals surface area contributed by atoms with Crippen LogP contribution >= 0.6 is 0 Å². The monoisotopic (exact) mass is 528 g/mol. The number of carboxylic acids is 1. The van der Waals surface area contributed by atoms with Gasteiger partial charge in [0.15, 0.2) is 0 Å². The van der Waals surface area contributed by atoms with Gasteiger partial charge in [0.25, 0.3) is 0 Å². The van der Waals surface area contributed by atoms with Crippen LogP contribution in [0.2, 0.25) is 0 Å². The lowest BCUT2D eigenvalue weighted by atomic mass is 9.81. The van der Waals surface area contributed by atoms with Crippen molar-refractivity contribution < 1.29 is 29.0 Å². The average Bonchev–Trinajstić information content (AvgIpc) is 3.25. The van der Waals surface area contributed by atoms with Gasteiger partial charge in [-0.2, -0.15) is 0 Å². The molecule has 3 aromatic rings. The molecule has 0 radical (unpaired) electrons. The summed E-state index contributed by atoms with van der Waals surface area (Å²) < 4.78 is 11.6. The molecule has 0 saturated carbocycles. The molecule has 2 amide bonds. The molecule has 0 spiro atoms. The quantitative estimate of drug-likeness (QED) is 0.426. The molecule has 2 aliphatic rings. The Hall–Kier alpha value is -4.17. The third-order valence-electron chi connectivity index (χ3n) is 7.62. The van der Waals surface area contributed by atoms with Crippen LogP contribution < -0.4 is 5.32 Å². The summed E-state index contributed by atoms with van der Waals surface area (Å²) in [5, 5.41) is 12.2. The van der Waals surface area contributed by atoms with Crippen LogP contribution in [-0.2, 0) is 25.7 Å². The number of fused-ring (bicyclic) bond motifs is 3. The van der Waals surface area contributed by atoms with E-state index in [2.05, 4.69) is 17.4 Å². The van der Waals surface area contributed by atoms with Crippen molar-refractivity contribution in [2.45, 2.75) is 38.5 Å². The molecule has 2 N–H and O–H groups in total. The van der Waals surface area contributed by atoms with Crippen LogP contribution in [0.15, 0.2) is 78.9 Å². The van der Waals surface area contributed by atoms with Gasteiger partial charge in [-0.3, -0.25) is 9.59 Å². The predicted molar refractivity (Wildman–Crippen MR) is 145 cm³/mol. The topological polar surface area (TPSA) is 105 Å². The summed E-state index contributed by atoms with van der Waals surface area (Å²) in [6.07, 6.45) is -1.42. The number of aliphatic carboxylic acids is 1. The molecule has 2 atom stereocenters. The molecule has 8 heteroatoms. The Bertz CT molecular complexity index is 1320. The van der Waals surface area contributed by atoms with Gasteiger partial charge in [-0.15, -0.1) is 0 Å². The SMILES string of the molecule is CC(OCc1ccccc1)C(NC(=O)OCC1c2ccccc2-c2ccccc21)C(=O)N1CC(C)(C(=O)O)C1. The lowest BCUT2D eigenvalue weighted by Gasteiger charge is -2.46. The zero-order valence-electron chi connectivity index (χ0n) is 22.0. The fourth-order valence-corrected chi connectivity index (χ4v) is 5.33. The van der Waals surface area contributed by atoms with E-state index in [1.54, 1.807) is 13.8 Å². The highest BCUT2D eigenvalue weighted by atomic mass is 16.5. The Balaban J connectivity index is 1.27. The van der Waals surface area contributed by atoms with Crippen LogP contribution in [0.4, 0.5) is 4.79 Å². The van der Waals surface area contributed by atoms with Crippen molar-refractivity contribution in [3.8, 4) is 11.1 Å². The molecule has 202 valence electrons. The van der Waals surface area contributed by atoms with Crippen molar-refractivity contribution in [1.29, 1.82) is 0 Å². The van der Waals surface area contributed by atoms with Crippen molar-refractivity contribution in [3.05, 3.63) is 95.6 Å². The van der Waals surface area contributed by atoms with E-state index in [4.69, 9.17) is 9.47 Å². The van der Waals surface area contributed by atoms with Crippen LogP contribution in [0, 0.1) is 5.41 Å². The third kappa shape index (κ3) is 5.38. The molecular formula is C31H32N2O6. The standard InChI is InChI=1S/C31H32N2O6/c1-20(38-16-21-10-4-3-5-11-21)27(28(34)33-18-31(2,19-33)29(35)36)32-30(37)39-17-26-24-14-8-6-12-22(24)23-13-7-9-15-25(23)26/h3-15,20,26-27H,16-19H2,1-2H3,(H,32,37)(H,35,36). The molecule has 3 aromatic carbocycles. The molecule has 2 unspecified atom stereocenters. The van der Waals surface area contributed by atoms with Crippen molar-refractivity contribution in [2.75, 3.05) is 19.7 Å². The number of carbonyl (C=O) groups is 3. The smallest absolute Gasteiger partial charge is 0.407 e. The Morgan fingerprint density at radius 2 is 1.51 bits per heavy atom. The van der Waals surface area contributed by atoms with E-state index < -0.39 is 35.5 Å². The maximum Gasteiger partial charge on any atom is 0.407 e. The minimum absolute atomic E-state index is 0.0649. The van der Waals surface area contributed by atoms with Gasteiger partial charge in [-0.1, -0.05) is 78.9 Å². The number of amides is 2. The lowest BCUT2D eigenvalue weighted by molar-refractivity contribution is -0.166. The summed E-state index contributed by atoms with van der Waals surface area (Å²) in [5.41, 5.74) is 4.35. The summed E-state index contributed by atoms with van der Waals surface area (Å²) >= 11 is 0. The number of carbonyl (C=O) groups excluding carboxylic acids is 2. The van der Waals surface area contributed by atoms with Gasteiger partial charge in [0.2, 0.25) is 5.91 Å². The zero-order chi connectivity index (χ0) is 27.6. The van der Waals surface area contributed by atoms with Gasteiger partial charge in [-0.05, 0) is 41.7 Å². The first-order chi connectivity index (χ1) is 18.8. The first kappa shape index (κ1) is 26.4. The van der Waals surface area contributed by atoms with Gasteiger partial charge >= 0.3 is 12.1 Å². The maximum absolute atomic E-state index is 13.4. The summed E-state index contributed by atoms with van der Waals surface area (Å²) in [7, 11) is 0. The second-order valence-corrected chi connectivity index (χ2v) is 10.5. The molecule has 5 rings (SSSR count). The second-order valence-electron chi connectivity index (χ2n) is 10.5. The van der Waals surface area contributed by atoms with Gasteiger partial charge in [0.1, 0.15) is 18.1 Å². The van der Waals surface area contributed by atoms with Crippen molar-refractivity contribution in [1.82, 2.24) is 10.2 Å². The average molecular weight is 529 g/mol. The van der Waals surface area contributed by atoms with Crippen LogP contribution in [0.1, 0.15) is 36.5 Å². The van der Waals surface area contributed by atoms with E-state index in [0.29, 0.717) is 0 Å². The number of nitrogens with zero attached hydrogens (tertiary/aromatic N) is 1. The van der Waals surface area contributed by atoms with E-state index in [9.17, 15) is 19.5 Å². The first-order valence-electron chi connectivity index (χ1n) is 13.1. The maximum atomic E-state index is 13.4. The predicted octanol–water partition coefficient (Wildman–Crippen LogP) is 4.43. The van der Waals surface area contributed by atoms with E-state index >= 15 is 0 Å². The molecule has 1 saturated heterocycles. The number of alkyl carbamates (subject to hydrolysis) is 1. The fourth-order valence-electron chi connectivity index (χ4n) is 5.33. The Kier molecular flexibility index (Phi) is 7.39. The van der Waals surface area contributed by atoms with Crippen LogP contribution in [0.5, 0.6) is 0 Å². The minimum atomic E-state index is -1.04. The summed E-state index contributed by atoms with van der Waals surface area (Å²) in [6.45, 7) is 3.81. The van der Waals surface area contributed by atoms with Gasteiger partial charge in [0, 0.05) is 19.0 Å². The highest BCUT2D eigenvalue weighted by Gasteiger charge is 2.49. The number of nitrogens with one attached hydrogen (secondary N) is 1. The third-order valence-corrected chi connectivity index (χ3v) is 7.62. The number of carboxylic acid groups (broad SMARTS) is 1. The van der Waals surface area contributed by atoms with Gasteiger partial charge in [0.05, 0.1) is 12.7 Å². The van der Waals surface area contributed by atoms with Crippen LogP contribution in [0.3, 0.4) is 0 Å². The van der Waals surface area contributed by atoms with E-state index in [-0.39, 0.29) is 32.2 Å². The number of likely N-dealkylation sites (tertiary alicyclic amines) is 1. The van der Waals surface area contributed by atoms with Crippen molar-refractivity contribution in [3.63, 3.8) is 0 Å². The largest absolute Gasteiger partial charge is 0.481 e. The van der Waals surface area contributed by atoms with Gasteiger partial charge in [-0.25, -0.2) is 4.79 Å². The highest BCUT2D eigenvalue weighted by Crippen LogP contribution is 2.44. The molecule has 1 aliphatic carbocycles. The highest BCUT2D eigenvalue weighted by molar-refractivity contribution is 5.89. The Labute approximate surface area is 227 Å². The van der Waals surface area contributed by atoms with E-state index in [1.165, 1.54) is 4.90 Å². The number of ether oxygens (including phenoxy) is 2. The summed E-state index contributed by atoms with van der Waals surface area (Å²) in [4.78, 5) is 39.4. The molecule has 1 aliphatic heterocycles. The van der Waals surface area contributed by atoms with Gasteiger partial charge < -0.3 is 24.8 Å². The molecular weight excluding hydrogens is 496 g/mol. The summed E-state index contributed by atoms with van der Waals surface area (Å²) in [5.74, 6) is -1.47. The summed E-state index contributed by atoms with van der Waals surface area (Å²) in [6, 6.07) is 24.6. The number of hydrogen-bond acceptors (Lipinski definition) is 5. The zero-order valence-corrected chi connectivity index (χ0v) is 22.0. The van der Waals surface area contributed by atoms with E-state index in [0.717, 1.165) is 27.8 Å². The van der Waals surface area contributed by atoms with Crippen LogP contribution in [-0.4, -0.2) is 59.8 Å². The van der Waals surface area contributed by atoms with Crippen molar-refractivity contribution in [2.24, 2.45) is 5.41 Å². The molecule has 0 bridgehead atoms. The number of hydrogen-bond donors (Lipinski definition) is 2. The minimum Gasteiger partial charge on any atom is -0.481 e. The fraction of sp³-hybridized carbons (Fsp3) is 0.323. The number of benzene rings is 3. The van der Waals surface area contributed by atoms with Crippen molar-refractivity contribution >= 4 is 18.0 Å². The number of rotatable bonds is 9. The van der Waals surface area contributed by atoms with Crippen LogP contribution in [0.25, 0.3) is 11.1 Å². The first-order valence-corrected chi connectivity index (χ1v) is 13.1. The second kappa shape index (κ2) is 10.9. The Morgan fingerprint density at radius 1 is 0.949 bits per heavy atom. The molecule has 8 nitrogen and oxygen atoms in total. The Morgan fingerprint density at radius 3 is 2.10 bits per heavy atom.